The van der Waals surface area contributed by atoms with Crippen molar-refractivity contribution >= 4 is 5.97 Å². The average molecular weight is 241 g/mol. The number of methoxy groups -OCH3 is 1. The fourth-order valence-electron chi connectivity index (χ4n) is 1.94. The van der Waals surface area contributed by atoms with Crippen LogP contribution in [0.1, 0.15) is 32.6 Å². The van der Waals surface area contributed by atoms with Crippen LogP contribution >= 0.6 is 0 Å². The molecule has 1 N–H and O–H groups in total. The number of hydrogen-bond acceptors (Lipinski definition) is 4. The molecule has 0 saturated carbocycles. The molecule has 17 heavy (non-hydrogen) atoms. The third-order valence-electron chi connectivity index (χ3n) is 2.99. The Kier molecular flexibility index (Phi) is 6.89. The van der Waals surface area contributed by atoms with Crippen molar-refractivity contribution in [2.24, 2.45) is 0 Å². The lowest BCUT2D eigenvalue weighted by atomic mass is 10.2. The van der Waals surface area contributed by atoms with E-state index in [1.807, 2.05) is 13.0 Å². The molecule has 1 atom stereocenters. The minimum absolute atomic E-state index is 0.228. The van der Waals surface area contributed by atoms with Crippen molar-refractivity contribution in [3.63, 3.8) is 0 Å². The molecule has 0 spiro atoms. The third kappa shape index (κ3) is 5.33. The summed E-state index contributed by atoms with van der Waals surface area (Å²) >= 11 is 0. The molecule has 0 radical (unpaired) electrons. The van der Waals surface area contributed by atoms with E-state index in [0.717, 1.165) is 25.1 Å². The van der Waals surface area contributed by atoms with Crippen LogP contribution in [0.3, 0.4) is 0 Å². The first kappa shape index (κ1) is 14.2. The second kappa shape index (κ2) is 8.25. The predicted octanol–water partition coefficient (Wildman–Crippen LogP) is 1.65. The number of hydrogen-bond donors (Lipinski definition) is 1. The maximum atomic E-state index is 11.3. The zero-order valence-corrected chi connectivity index (χ0v) is 10.8. The molecule has 0 aromatic heterocycles. The largest absolute Gasteiger partial charge is 0.466 e. The highest BCUT2D eigenvalue weighted by Crippen LogP contribution is 2.14. The van der Waals surface area contributed by atoms with Gasteiger partial charge in [0.15, 0.2) is 0 Å². The summed E-state index contributed by atoms with van der Waals surface area (Å²) in [5, 5.41) is 3.29. The van der Waals surface area contributed by atoms with E-state index in [4.69, 9.17) is 4.74 Å². The maximum Gasteiger partial charge on any atom is 0.333 e. The highest BCUT2D eigenvalue weighted by Gasteiger charge is 2.14. The van der Waals surface area contributed by atoms with Crippen molar-refractivity contribution in [3.8, 4) is 0 Å². The van der Waals surface area contributed by atoms with Gasteiger partial charge in [0.1, 0.15) is 0 Å². The van der Waals surface area contributed by atoms with Crippen molar-refractivity contribution in [1.29, 1.82) is 0 Å². The Hall–Kier alpha value is -0.870. The average Bonchev–Trinajstić information content (AvgIpc) is 2.86. The summed E-state index contributed by atoms with van der Waals surface area (Å²) in [5.74, 6) is -0.228. The summed E-state index contributed by atoms with van der Waals surface area (Å²) in [6.45, 7) is 4.51. The smallest absolute Gasteiger partial charge is 0.333 e. The van der Waals surface area contributed by atoms with Gasteiger partial charge in [-0.3, -0.25) is 0 Å². The van der Waals surface area contributed by atoms with E-state index in [-0.39, 0.29) is 5.97 Å². The summed E-state index contributed by atoms with van der Waals surface area (Å²) in [4.78, 5) is 11.3. The third-order valence-corrected chi connectivity index (χ3v) is 2.99. The number of nitrogens with one attached hydrogen (secondary N) is 1. The van der Waals surface area contributed by atoms with Crippen molar-refractivity contribution in [2.75, 3.05) is 26.8 Å². The Labute approximate surface area is 103 Å². The number of carbonyl (C=O) groups is 1. The Bertz CT molecular complexity index is 257. The summed E-state index contributed by atoms with van der Waals surface area (Å²) in [5.41, 5.74) is 0.733. The lowest BCUT2D eigenvalue weighted by Crippen LogP contribution is -2.21. The molecule has 98 valence electrons. The first-order chi connectivity index (χ1) is 8.27. The van der Waals surface area contributed by atoms with Crippen LogP contribution in [0.4, 0.5) is 0 Å². The minimum atomic E-state index is -0.228. The van der Waals surface area contributed by atoms with E-state index in [9.17, 15) is 4.79 Å². The van der Waals surface area contributed by atoms with Crippen molar-refractivity contribution in [3.05, 3.63) is 11.6 Å². The summed E-state index contributed by atoms with van der Waals surface area (Å²) in [6.07, 6.45) is 6.46. The first-order valence-electron chi connectivity index (χ1n) is 6.37. The summed E-state index contributed by atoms with van der Waals surface area (Å²) in [7, 11) is 1.41. The molecule has 0 amide bonds. The van der Waals surface area contributed by atoms with Gasteiger partial charge in [-0.2, -0.15) is 0 Å². The molecule has 4 heteroatoms. The Morgan fingerprint density at radius 3 is 3.00 bits per heavy atom. The van der Waals surface area contributed by atoms with E-state index in [1.54, 1.807) is 0 Å². The molecule has 0 aliphatic carbocycles. The van der Waals surface area contributed by atoms with Gasteiger partial charge in [-0.1, -0.05) is 13.0 Å². The topological polar surface area (TPSA) is 47.6 Å². The molecular weight excluding hydrogens is 218 g/mol. The van der Waals surface area contributed by atoms with E-state index >= 15 is 0 Å². The molecule has 1 rings (SSSR count). The van der Waals surface area contributed by atoms with Crippen molar-refractivity contribution in [1.82, 2.24) is 5.32 Å². The quantitative estimate of drug-likeness (QED) is 0.418. The van der Waals surface area contributed by atoms with E-state index in [2.05, 4.69) is 10.1 Å². The standard InChI is InChI=1S/C13H23NO3/c1-3-11(13(15)16-2)6-8-14-9-7-12-5-4-10-17-12/h6,12,14H,3-5,7-10H2,1-2H3. The first-order valence-corrected chi connectivity index (χ1v) is 6.37. The van der Waals surface area contributed by atoms with Crippen LogP contribution in [-0.2, 0) is 14.3 Å². The zero-order valence-electron chi connectivity index (χ0n) is 10.8. The van der Waals surface area contributed by atoms with Crippen molar-refractivity contribution < 1.29 is 14.3 Å². The van der Waals surface area contributed by atoms with Crippen LogP contribution < -0.4 is 5.32 Å². The monoisotopic (exact) mass is 241 g/mol. The van der Waals surface area contributed by atoms with Gasteiger partial charge in [0, 0.05) is 18.7 Å². The Balaban J connectivity index is 2.12. The Morgan fingerprint density at radius 1 is 1.59 bits per heavy atom. The predicted molar refractivity (Wildman–Crippen MR) is 66.9 cm³/mol. The molecule has 0 aromatic rings. The molecule has 1 fully saturated rings. The van der Waals surface area contributed by atoms with Crippen LogP contribution in [0.5, 0.6) is 0 Å². The zero-order chi connectivity index (χ0) is 12.5. The molecule has 0 bridgehead atoms. The highest BCUT2D eigenvalue weighted by atomic mass is 16.5. The molecule has 4 nitrogen and oxygen atoms in total. The van der Waals surface area contributed by atoms with Gasteiger partial charge in [0.05, 0.1) is 13.2 Å². The SMILES string of the molecule is CCC(=CCNCCC1CCCO1)C(=O)OC. The summed E-state index contributed by atoms with van der Waals surface area (Å²) in [6, 6.07) is 0. The summed E-state index contributed by atoms with van der Waals surface area (Å²) < 4.78 is 10.2. The number of ether oxygens (including phenoxy) is 2. The van der Waals surface area contributed by atoms with Gasteiger partial charge >= 0.3 is 5.97 Å². The highest BCUT2D eigenvalue weighted by molar-refractivity contribution is 5.88. The molecule has 1 aliphatic heterocycles. The van der Waals surface area contributed by atoms with Crippen LogP contribution in [0, 0.1) is 0 Å². The minimum Gasteiger partial charge on any atom is -0.466 e. The maximum absolute atomic E-state index is 11.3. The van der Waals surface area contributed by atoms with E-state index in [1.165, 1.54) is 20.0 Å². The van der Waals surface area contributed by atoms with Crippen LogP contribution in [0.2, 0.25) is 0 Å². The van der Waals surface area contributed by atoms with E-state index in [0.29, 0.717) is 19.1 Å². The number of carbonyl (C=O) groups excluding carboxylic acids is 1. The van der Waals surface area contributed by atoms with Crippen LogP contribution in [0.15, 0.2) is 11.6 Å². The van der Waals surface area contributed by atoms with Crippen molar-refractivity contribution in [2.45, 2.75) is 38.7 Å². The Morgan fingerprint density at radius 2 is 2.41 bits per heavy atom. The van der Waals surface area contributed by atoms with E-state index < -0.39 is 0 Å². The number of rotatable bonds is 7. The molecule has 1 heterocycles. The fourth-order valence-corrected chi connectivity index (χ4v) is 1.94. The second-order valence-corrected chi connectivity index (χ2v) is 4.20. The van der Waals surface area contributed by atoms with Crippen LogP contribution in [-0.4, -0.2) is 38.9 Å². The molecule has 1 unspecified atom stereocenters. The molecular formula is C13H23NO3. The molecule has 1 saturated heterocycles. The van der Waals surface area contributed by atoms with Gasteiger partial charge in [-0.25, -0.2) is 4.79 Å². The van der Waals surface area contributed by atoms with Gasteiger partial charge in [-0.15, -0.1) is 0 Å². The van der Waals surface area contributed by atoms with Gasteiger partial charge in [0.2, 0.25) is 0 Å². The van der Waals surface area contributed by atoms with Gasteiger partial charge < -0.3 is 14.8 Å². The van der Waals surface area contributed by atoms with Gasteiger partial charge in [-0.05, 0) is 32.2 Å². The lowest BCUT2D eigenvalue weighted by Gasteiger charge is -2.09. The fraction of sp³-hybridized carbons (Fsp3) is 0.769. The van der Waals surface area contributed by atoms with Gasteiger partial charge in [0.25, 0.3) is 0 Å². The lowest BCUT2D eigenvalue weighted by molar-refractivity contribution is -0.136. The normalized spacial score (nSPS) is 20.6. The number of esters is 1. The second-order valence-electron chi connectivity index (χ2n) is 4.20. The molecule has 1 aliphatic rings. The van der Waals surface area contributed by atoms with Crippen LogP contribution in [0.25, 0.3) is 0 Å². The molecule has 0 aromatic carbocycles.